The Hall–Kier alpha value is -2.02. The van der Waals surface area contributed by atoms with Crippen molar-refractivity contribution in [2.75, 3.05) is 13.1 Å². The molecule has 2 aliphatic rings. The minimum absolute atomic E-state index is 0.119. The number of benzene rings is 1. The van der Waals surface area contributed by atoms with Crippen molar-refractivity contribution in [1.82, 2.24) is 15.5 Å². The third-order valence-corrected chi connectivity index (χ3v) is 4.73. The quantitative estimate of drug-likeness (QED) is 0.746. The number of hydrogen-bond acceptors (Lipinski definition) is 2. The van der Waals surface area contributed by atoms with Gasteiger partial charge < -0.3 is 21.3 Å². The monoisotopic (exact) mass is 384 g/mol. The maximum atomic E-state index is 13.7. The van der Waals surface area contributed by atoms with Crippen LogP contribution >= 0.6 is 11.6 Å². The van der Waals surface area contributed by atoms with Crippen molar-refractivity contribution in [2.24, 2.45) is 5.73 Å². The molecule has 1 heterocycles. The molecule has 1 saturated heterocycles. The molecule has 1 saturated carbocycles. The van der Waals surface area contributed by atoms with Gasteiger partial charge in [0.05, 0.1) is 0 Å². The molecule has 1 aromatic rings. The van der Waals surface area contributed by atoms with Gasteiger partial charge in [0.1, 0.15) is 5.82 Å². The van der Waals surface area contributed by atoms with Crippen LogP contribution in [0, 0.1) is 12.7 Å². The summed E-state index contributed by atoms with van der Waals surface area (Å²) in [5.74, 6) is -0.380. The number of carbonyl (C=O) groups excluding carboxylic acids is 2. The molecular formula is C18H26ClFN4O2. The highest BCUT2D eigenvalue weighted by Gasteiger charge is 2.21. The van der Waals surface area contributed by atoms with E-state index in [0.717, 1.165) is 44.3 Å². The van der Waals surface area contributed by atoms with E-state index >= 15 is 0 Å². The van der Waals surface area contributed by atoms with Crippen LogP contribution in [0.3, 0.4) is 0 Å². The number of urea groups is 2. The highest BCUT2D eigenvalue weighted by Crippen LogP contribution is 2.20. The van der Waals surface area contributed by atoms with Gasteiger partial charge in [-0.3, -0.25) is 0 Å². The fourth-order valence-corrected chi connectivity index (χ4v) is 2.81. The second-order valence-electron chi connectivity index (χ2n) is 6.68. The molecule has 8 heteroatoms. The maximum absolute atomic E-state index is 13.7. The molecule has 4 N–H and O–H groups in total. The predicted octanol–water partition coefficient (Wildman–Crippen LogP) is 3.30. The van der Waals surface area contributed by atoms with E-state index in [1.165, 1.54) is 12.5 Å². The summed E-state index contributed by atoms with van der Waals surface area (Å²) < 4.78 is 13.7. The Labute approximate surface area is 158 Å². The van der Waals surface area contributed by atoms with Gasteiger partial charge in [-0.2, -0.15) is 0 Å². The number of nitrogens with two attached hydrogens (primary N) is 1. The number of nitrogens with zero attached hydrogens (tertiary/aromatic N) is 1. The molecule has 3 rings (SSSR count). The normalized spacial score (nSPS) is 16.3. The molecule has 2 fully saturated rings. The van der Waals surface area contributed by atoms with Crippen molar-refractivity contribution >= 4 is 23.7 Å². The molecule has 0 bridgehead atoms. The van der Waals surface area contributed by atoms with E-state index < -0.39 is 6.03 Å². The fraction of sp³-hybridized carbons (Fsp3) is 0.556. The fourth-order valence-electron chi connectivity index (χ4n) is 2.66. The van der Waals surface area contributed by atoms with Gasteiger partial charge in [-0.25, -0.2) is 14.0 Å². The van der Waals surface area contributed by atoms with E-state index in [1.54, 1.807) is 11.0 Å². The topological polar surface area (TPSA) is 87.5 Å². The minimum Gasteiger partial charge on any atom is -0.352 e. The number of amides is 4. The molecule has 144 valence electrons. The number of nitrogens with one attached hydrogen (secondary N) is 2. The number of hydrogen-bond donors (Lipinski definition) is 3. The largest absolute Gasteiger partial charge is 0.352 e. The van der Waals surface area contributed by atoms with Crippen LogP contribution in [0.2, 0.25) is 5.02 Å². The second kappa shape index (κ2) is 9.62. The van der Waals surface area contributed by atoms with Crippen molar-refractivity contribution in [3.63, 3.8) is 0 Å². The van der Waals surface area contributed by atoms with Crippen LogP contribution in [0.15, 0.2) is 12.1 Å². The molecule has 0 unspecified atom stereocenters. The van der Waals surface area contributed by atoms with Crippen molar-refractivity contribution < 1.29 is 14.0 Å². The van der Waals surface area contributed by atoms with Gasteiger partial charge in [0.15, 0.2) is 0 Å². The van der Waals surface area contributed by atoms with Gasteiger partial charge >= 0.3 is 12.1 Å². The smallest absolute Gasteiger partial charge is 0.317 e. The van der Waals surface area contributed by atoms with Gasteiger partial charge in [-0.15, -0.1) is 0 Å². The average Bonchev–Trinajstić information content (AvgIpc) is 3.41. The Bertz CT molecular complexity index is 646. The molecule has 1 aromatic carbocycles. The molecule has 0 radical (unpaired) electrons. The average molecular weight is 385 g/mol. The van der Waals surface area contributed by atoms with Crippen molar-refractivity contribution in [2.45, 2.75) is 51.6 Å². The summed E-state index contributed by atoms with van der Waals surface area (Å²) in [5, 5.41) is 5.72. The molecule has 0 atom stereocenters. The zero-order valence-electron chi connectivity index (χ0n) is 15.0. The van der Waals surface area contributed by atoms with E-state index in [0.29, 0.717) is 16.6 Å². The summed E-state index contributed by atoms with van der Waals surface area (Å²) in [4.78, 5) is 23.6. The summed E-state index contributed by atoms with van der Waals surface area (Å²) in [7, 11) is 0. The van der Waals surface area contributed by atoms with Crippen molar-refractivity contribution in [1.29, 1.82) is 0 Å². The Morgan fingerprint density at radius 1 is 1.27 bits per heavy atom. The summed E-state index contributed by atoms with van der Waals surface area (Å²) in [6.45, 7) is 3.58. The number of rotatable bonds is 3. The molecule has 1 aliphatic carbocycles. The molecule has 1 aliphatic heterocycles. The SMILES string of the molecule is Cc1cc(CNC(=O)N2CCCCC2)c(F)cc1Cl.NC(=O)NC1CC1. The number of aryl methyl sites for hydroxylation is 1. The first-order valence-corrected chi connectivity index (χ1v) is 9.28. The van der Waals surface area contributed by atoms with Crippen LogP contribution in [0.25, 0.3) is 0 Å². The molecule has 0 spiro atoms. The highest BCUT2D eigenvalue weighted by molar-refractivity contribution is 6.31. The lowest BCUT2D eigenvalue weighted by Crippen LogP contribution is -2.42. The number of carbonyl (C=O) groups is 2. The van der Waals surface area contributed by atoms with E-state index in [1.807, 2.05) is 6.92 Å². The van der Waals surface area contributed by atoms with E-state index in [9.17, 15) is 14.0 Å². The Morgan fingerprint density at radius 3 is 2.46 bits per heavy atom. The van der Waals surface area contributed by atoms with Gasteiger partial charge in [0.25, 0.3) is 0 Å². The van der Waals surface area contributed by atoms with Crippen LogP contribution < -0.4 is 16.4 Å². The first-order valence-electron chi connectivity index (χ1n) is 8.90. The molecule has 0 aromatic heterocycles. The predicted molar refractivity (Wildman–Crippen MR) is 99.5 cm³/mol. The maximum Gasteiger partial charge on any atom is 0.317 e. The second-order valence-corrected chi connectivity index (χ2v) is 7.09. The Balaban J connectivity index is 0.000000290. The van der Waals surface area contributed by atoms with Gasteiger partial charge in [-0.05, 0) is 56.7 Å². The number of likely N-dealkylation sites (tertiary alicyclic amines) is 1. The highest BCUT2D eigenvalue weighted by atomic mass is 35.5. The van der Waals surface area contributed by atoms with Crippen molar-refractivity contribution in [3.8, 4) is 0 Å². The third kappa shape index (κ3) is 6.71. The number of piperidine rings is 1. The van der Waals surface area contributed by atoms with Crippen LogP contribution in [-0.2, 0) is 6.54 Å². The summed E-state index contributed by atoms with van der Waals surface area (Å²) in [5.41, 5.74) is 6.06. The molecular weight excluding hydrogens is 359 g/mol. The summed E-state index contributed by atoms with van der Waals surface area (Å²) in [6, 6.07) is 2.85. The zero-order valence-corrected chi connectivity index (χ0v) is 15.7. The standard InChI is InChI=1S/C14H18ClFN2O.C4H8N2O/c1-10-7-11(13(16)8-12(10)15)9-17-14(19)18-5-3-2-4-6-18;5-4(7)6-3-1-2-3/h7-8H,2-6,9H2,1H3,(H,17,19);3H,1-2H2,(H3,5,6,7). The molecule has 4 amide bonds. The Morgan fingerprint density at radius 2 is 1.92 bits per heavy atom. The van der Waals surface area contributed by atoms with Crippen LogP contribution in [0.4, 0.5) is 14.0 Å². The van der Waals surface area contributed by atoms with Crippen LogP contribution in [-0.4, -0.2) is 36.1 Å². The van der Waals surface area contributed by atoms with E-state index in [4.69, 9.17) is 17.3 Å². The number of halogens is 2. The van der Waals surface area contributed by atoms with Crippen molar-refractivity contribution in [3.05, 3.63) is 34.1 Å². The summed E-state index contributed by atoms with van der Waals surface area (Å²) >= 11 is 5.83. The van der Waals surface area contributed by atoms with E-state index in [2.05, 4.69) is 10.6 Å². The van der Waals surface area contributed by atoms with Gasteiger partial charge in [-0.1, -0.05) is 11.6 Å². The lowest BCUT2D eigenvalue weighted by molar-refractivity contribution is 0.186. The minimum atomic E-state index is -0.400. The summed E-state index contributed by atoms with van der Waals surface area (Å²) in [6.07, 6.45) is 5.46. The van der Waals surface area contributed by atoms with Gasteiger partial charge in [0, 0.05) is 36.3 Å². The van der Waals surface area contributed by atoms with Gasteiger partial charge in [0.2, 0.25) is 0 Å². The zero-order chi connectivity index (χ0) is 19.1. The number of primary amides is 1. The molecule has 26 heavy (non-hydrogen) atoms. The Kier molecular flexibility index (Phi) is 7.50. The first-order chi connectivity index (χ1) is 12.4. The third-order valence-electron chi connectivity index (χ3n) is 4.32. The van der Waals surface area contributed by atoms with E-state index in [-0.39, 0.29) is 18.4 Å². The molecule has 6 nitrogen and oxygen atoms in total. The lowest BCUT2D eigenvalue weighted by atomic mass is 10.1. The van der Waals surface area contributed by atoms with Crippen LogP contribution in [0.5, 0.6) is 0 Å². The first kappa shape index (κ1) is 20.3. The van der Waals surface area contributed by atoms with Crippen LogP contribution in [0.1, 0.15) is 43.2 Å². The lowest BCUT2D eigenvalue weighted by Gasteiger charge is -2.26.